The van der Waals surface area contributed by atoms with E-state index >= 15 is 0 Å². The first-order valence-corrected chi connectivity index (χ1v) is 9.50. The minimum Gasteiger partial charge on any atom is -0.364 e. The van der Waals surface area contributed by atoms with Gasteiger partial charge in [0.25, 0.3) is 0 Å². The molecule has 2 heterocycles. The molecule has 3 aliphatic rings. The fourth-order valence-corrected chi connectivity index (χ4v) is 4.14. The summed E-state index contributed by atoms with van der Waals surface area (Å²) in [6.45, 7) is 3.19. The average molecular weight is 328 g/mol. The van der Waals surface area contributed by atoms with E-state index in [-0.39, 0.29) is 18.1 Å². The summed E-state index contributed by atoms with van der Waals surface area (Å²) in [4.78, 5) is 14.8. The molecule has 0 unspecified atom stereocenters. The maximum absolute atomic E-state index is 12.3. The third-order valence-corrected chi connectivity index (χ3v) is 5.94. The minimum atomic E-state index is -0.213. The van der Waals surface area contributed by atoms with Gasteiger partial charge in [-0.05, 0) is 56.6 Å². The number of fused-ring (bicyclic) bond motifs is 1. The van der Waals surface area contributed by atoms with E-state index in [1.807, 2.05) is 0 Å². The molecule has 130 valence electrons. The molecule has 0 radical (unpaired) electrons. The van der Waals surface area contributed by atoms with Gasteiger partial charge >= 0.3 is 0 Å². The lowest BCUT2D eigenvalue weighted by molar-refractivity contribution is -0.134. The van der Waals surface area contributed by atoms with E-state index in [4.69, 9.17) is 4.74 Å². The molecule has 4 heteroatoms. The Hall–Kier alpha value is -1.39. The van der Waals surface area contributed by atoms with Crippen LogP contribution in [0.2, 0.25) is 0 Å². The second kappa shape index (κ2) is 7.24. The Bertz CT molecular complexity index is 558. The highest BCUT2D eigenvalue weighted by molar-refractivity contribution is 5.81. The van der Waals surface area contributed by atoms with Gasteiger partial charge in [-0.15, -0.1) is 0 Å². The molecule has 4 rings (SSSR count). The molecule has 1 saturated carbocycles. The Morgan fingerprint density at radius 3 is 2.79 bits per heavy atom. The molecule has 4 nitrogen and oxygen atoms in total. The van der Waals surface area contributed by atoms with Gasteiger partial charge in [-0.25, -0.2) is 0 Å². The Kier molecular flexibility index (Phi) is 4.86. The van der Waals surface area contributed by atoms with Crippen LogP contribution < -0.4 is 5.32 Å². The van der Waals surface area contributed by atoms with E-state index in [0.29, 0.717) is 12.0 Å². The summed E-state index contributed by atoms with van der Waals surface area (Å²) in [5, 5.41) is 3.15. The predicted octanol–water partition coefficient (Wildman–Crippen LogP) is 2.38. The molecular weight excluding hydrogens is 300 g/mol. The molecule has 1 N–H and O–H groups in total. The molecule has 24 heavy (non-hydrogen) atoms. The van der Waals surface area contributed by atoms with Crippen molar-refractivity contribution in [1.29, 1.82) is 0 Å². The number of carbonyl (C=O) groups excluding carboxylic acids is 1. The van der Waals surface area contributed by atoms with Crippen LogP contribution in [0.4, 0.5) is 0 Å². The summed E-state index contributed by atoms with van der Waals surface area (Å²) in [5.74, 6) is 0.694. The van der Waals surface area contributed by atoms with E-state index in [1.165, 1.54) is 12.0 Å². The first-order valence-electron chi connectivity index (χ1n) is 9.50. The zero-order valence-corrected chi connectivity index (χ0v) is 14.3. The number of piperidine rings is 1. The lowest BCUT2D eigenvalue weighted by Gasteiger charge is -2.34. The molecule has 3 atom stereocenters. The summed E-state index contributed by atoms with van der Waals surface area (Å²) in [6.07, 6.45) is 6.71. The minimum absolute atomic E-state index is 0.130. The first kappa shape index (κ1) is 16.1. The highest BCUT2D eigenvalue weighted by Gasteiger charge is 2.42. The van der Waals surface area contributed by atoms with Crippen molar-refractivity contribution < 1.29 is 9.53 Å². The standard InChI is InChI=1S/C20H28N2O2/c23-20(21-17-7-4-8-17)18-13-16-10-12-22(14-19(16)24-18)11-9-15-5-2-1-3-6-15/h1-3,5-6,16-19H,4,7-14H2,(H,21,23)/t16-,18-,19-/m0/s1. The molecule has 0 spiro atoms. The van der Waals surface area contributed by atoms with Crippen molar-refractivity contribution in [2.75, 3.05) is 19.6 Å². The van der Waals surface area contributed by atoms with Crippen LogP contribution in [0.5, 0.6) is 0 Å². The van der Waals surface area contributed by atoms with Gasteiger partial charge in [-0.1, -0.05) is 30.3 Å². The Morgan fingerprint density at radius 1 is 1.21 bits per heavy atom. The van der Waals surface area contributed by atoms with Gasteiger partial charge in [0.05, 0.1) is 6.10 Å². The molecule has 0 aromatic heterocycles. The van der Waals surface area contributed by atoms with Crippen LogP contribution in [-0.2, 0) is 16.0 Å². The van der Waals surface area contributed by atoms with Gasteiger partial charge < -0.3 is 15.0 Å². The maximum atomic E-state index is 12.3. The van der Waals surface area contributed by atoms with E-state index in [2.05, 4.69) is 40.5 Å². The Morgan fingerprint density at radius 2 is 2.04 bits per heavy atom. The topological polar surface area (TPSA) is 41.6 Å². The van der Waals surface area contributed by atoms with E-state index < -0.39 is 0 Å². The molecule has 1 aromatic rings. The van der Waals surface area contributed by atoms with Crippen LogP contribution in [0.1, 0.15) is 37.7 Å². The summed E-state index contributed by atoms with van der Waals surface area (Å²) in [5.41, 5.74) is 1.39. The van der Waals surface area contributed by atoms with E-state index in [9.17, 15) is 4.79 Å². The number of ether oxygens (including phenoxy) is 1. The number of benzene rings is 1. The second-order valence-corrected chi connectivity index (χ2v) is 7.62. The predicted molar refractivity (Wildman–Crippen MR) is 93.8 cm³/mol. The van der Waals surface area contributed by atoms with Gasteiger partial charge in [-0.3, -0.25) is 4.79 Å². The summed E-state index contributed by atoms with van der Waals surface area (Å²) < 4.78 is 6.13. The van der Waals surface area contributed by atoms with Crippen LogP contribution in [0, 0.1) is 5.92 Å². The van der Waals surface area contributed by atoms with Crippen molar-refractivity contribution in [2.45, 2.75) is 56.8 Å². The van der Waals surface area contributed by atoms with Gasteiger partial charge in [0.1, 0.15) is 6.10 Å². The van der Waals surface area contributed by atoms with Gasteiger partial charge in [0.2, 0.25) is 5.91 Å². The number of hydrogen-bond donors (Lipinski definition) is 1. The van der Waals surface area contributed by atoms with Crippen molar-refractivity contribution in [3.8, 4) is 0 Å². The Labute approximate surface area is 144 Å². The molecule has 1 aromatic carbocycles. The molecule has 2 aliphatic heterocycles. The van der Waals surface area contributed by atoms with Crippen LogP contribution in [0.25, 0.3) is 0 Å². The monoisotopic (exact) mass is 328 g/mol. The summed E-state index contributed by atoms with van der Waals surface area (Å²) in [7, 11) is 0. The lowest BCUT2D eigenvalue weighted by Crippen LogP contribution is -2.45. The van der Waals surface area contributed by atoms with Crippen molar-refractivity contribution >= 4 is 5.91 Å². The zero-order valence-electron chi connectivity index (χ0n) is 14.3. The van der Waals surface area contributed by atoms with Crippen LogP contribution in [-0.4, -0.2) is 48.7 Å². The second-order valence-electron chi connectivity index (χ2n) is 7.62. The fourth-order valence-electron chi connectivity index (χ4n) is 4.14. The van der Waals surface area contributed by atoms with Crippen molar-refractivity contribution in [3.63, 3.8) is 0 Å². The van der Waals surface area contributed by atoms with Crippen LogP contribution in [0.3, 0.4) is 0 Å². The van der Waals surface area contributed by atoms with Gasteiger partial charge in [-0.2, -0.15) is 0 Å². The third kappa shape index (κ3) is 3.65. The Balaban J connectivity index is 1.25. The van der Waals surface area contributed by atoms with Crippen molar-refractivity contribution in [3.05, 3.63) is 35.9 Å². The number of carbonyl (C=O) groups is 1. The number of likely N-dealkylation sites (tertiary alicyclic amines) is 1. The van der Waals surface area contributed by atoms with E-state index in [0.717, 1.165) is 51.7 Å². The number of nitrogens with zero attached hydrogens (tertiary/aromatic N) is 1. The van der Waals surface area contributed by atoms with Gasteiger partial charge in [0.15, 0.2) is 0 Å². The fraction of sp³-hybridized carbons (Fsp3) is 0.650. The van der Waals surface area contributed by atoms with Crippen LogP contribution in [0.15, 0.2) is 30.3 Å². The van der Waals surface area contributed by atoms with Crippen molar-refractivity contribution in [1.82, 2.24) is 10.2 Å². The molecule has 1 aliphatic carbocycles. The van der Waals surface area contributed by atoms with Crippen molar-refractivity contribution in [2.24, 2.45) is 5.92 Å². The molecule has 1 amide bonds. The maximum Gasteiger partial charge on any atom is 0.249 e. The summed E-state index contributed by atoms with van der Waals surface area (Å²) >= 11 is 0. The number of amides is 1. The quantitative estimate of drug-likeness (QED) is 0.902. The highest BCUT2D eigenvalue weighted by Crippen LogP contribution is 2.33. The number of rotatable bonds is 5. The smallest absolute Gasteiger partial charge is 0.249 e. The average Bonchev–Trinajstić information content (AvgIpc) is 3.00. The van der Waals surface area contributed by atoms with Crippen LogP contribution >= 0.6 is 0 Å². The van der Waals surface area contributed by atoms with E-state index in [1.54, 1.807) is 0 Å². The molecule has 3 fully saturated rings. The highest BCUT2D eigenvalue weighted by atomic mass is 16.5. The number of nitrogens with one attached hydrogen (secondary N) is 1. The largest absolute Gasteiger partial charge is 0.364 e. The zero-order chi connectivity index (χ0) is 16.4. The SMILES string of the molecule is O=C(NC1CCC1)[C@@H]1C[C@@H]2CCN(CCc3ccccc3)C[C@@H]2O1. The van der Waals surface area contributed by atoms with Gasteiger partial charge in [0, 0.05) is 19.1 Å². The lowest BCUT2D eigenvalue weighted by atomic mass is 9.90. The molecule has 0 bridgehead atoms. The third-order valence-electron chi connectivity index (χ3n) is 5.94. The number of hydrogen-bond acceptors (Lipinski definition) is 3. The molecular formula is C20H28N2O2. The molecule has 2 saturated heterocycles. The normalized spacial score (nSPS) is 30.6. The first-order chi connectivity index (χ1) is 11.8. The summed E-state index contributed by atoms with van der Waals surface area (Å²) in [6, 6.07) is 11.1.